The van der Waals surface area contributed by atoms with Gasteiger partial charge in [0.25, 0.3) is 5.56 Å². The molecule has 0 aliphatic rings. The number of methoxy groups -OCH3 is 1. The number of benzene rings is 4. The molecule has 19 heteroatoms. The van der Waals surface area contributed by atoms with Crippen molar-refractivity contribution in [3.05, 3.63) is 122 Å². The molecule has 1 amide bonds. The van der Waals surface area contributed by atoms with E-state index in [2.05, 4.69) is 15.4 Å². The number of alkyl halides is 3. The van der Waals surface area contributed by atoms with Crippen LogP contribution in [0.4, 0.5) is 32.6 Å². The van der Waals surface area contributed by atoms with E-state index < -0.39 is 74.2 Å². The van der Waals surface area contributed by atoms with Gasteiger partial charge in [0.05, 0.1) is 64.0 Å². The van der Waals surface area contributed by atoms with E-state index in [9.17, 15) is 45.1 Å². The molecule has 0 radical (unpaired) electrons. The summed E-state index contributed by atoms with van der Waals surface area (Å²) in [6.45, 7) is -0.248. The number of aryl methyl sites for hydroxylation is 1. The van der Waals surface area contributed by atoms with Crippen LogP contribution in [0.25, 0.3) is 27.5 Å². The topological polar surface area (TPSA) is 149 Å². The van der Waals surface area contributed by atoms with Crippen LogP contribution in [0.5, 0.6) is 5.75 Å². The average Bonchev–Trinajstić information content (AvgIpc) is 3.43. The summed E-state index contributed by atoms with van der Waals surface area (Å²) >= 11 is 6.70. The Kier molecular flexibility index (Phi) is 10.0. The van der Waals surface area contributed by atoms with E-state index in [4.69, 9.17) is 16.3 Å². The number of carbonyl (C=O) groups is 1. The van der Waals surface area contributed by atoms with E-state index in [-0.39, 0.29) is 39.5 Å². The van der Waals surface area contributed by atoms with Crippen molar-refractivity contribution in [2.45, 2.75) is 25.2 Å². The second-order valence-corrected chi connectivity index (χ2v) is 14.5. The molecule has 0 aliphatic carbocycles. The number of ether oxygens (including phenoxy) is 1. The van der Waals surface area contributed by atoms with Gasteiger partial charge in [0.15, 0.2) is 5.82 Å². The molecule has 4 aromatic carbocycles. The third-order valence-corrected chi connectivity index (χ3v) is 9.88. The number of sulfonamides is 1. The van der Waals surface area contributed by atoms with Crippen LogP contribution in [-0.2, 0) is 36.2 Å². The van der Waals surface area contributed by atoms with E-state index in [0.717, 1.165) is 44.1 Å². The quantitative estimate of drug-likeness (QED) is 0.145. The van der Waals surface area contributed by atoms with E-state index in [1.807, 2.05) is 0 Å². The number of halogens is 6. The van der Waals surface area contributed by atoms with E-state index in [1.165, 1.54) is 26.3 Å². The highest BCUT2D eigenvalue weighted by Crippen LogP contribution is 2.39. The third-order valence-electron chi connectivity index (χ3n) is 8.46. The average molecular weight is 791 g/mol. The van der Waals surface area contributed by atoms with Gasteiger partial charge in [0.2, 0.25) is 10.0 Å². The first kappa shape index (κ1) is 38.0. The number of hydrogen-bond donors (Lipinski definition) is 2. The van der Waals surface area contributed by atoms with Crippen LogP contribution in [0.1, 0.15) is 28.6 Å². The lowest BCUT2D eigenvalue weighted by Crippen LogP contribution is -2.35. The van der Waals surface area contributed by atoms with Crippen molar-refractivity contribution in [2.75, 3.05) is 17.7 Å². The summed E-state index contributed by atoms with van der Waals surface area (Å²) in [6.07, 6.45) is -6.28. The third kappa shape index (κ3) is 7.38. The molecular weight excluding hydrogens is 763 g/mol. The van der Waals surface area contributed by atoms with Gasteiger partial charge in [0, 0.05) is 19.5 Å². The smallest absolute Gasteiger partial charge is 0.417 e. The van der Waals surface area contributed by atoms with Gasteiger partial charge in [-0.1, -0.05) is 29.8 Å². The van der Waals surface area contributed by atoms with E-state index in [0.29, 0.717) is 23.4 Å². The molecule has 0 saturated carbocycles. The maximum atomic E-state index is 14.6. The summed E-state index contributed by atoms with van der Waals surface area (Å²) in [5.41, 5.74) is -2.93. The van der Waals surface area contributed by atoms with Gasteiger partial charge in [-0.25, -0.2) is 31.3 Å². The van der Waals surface area contributed by atoms with Crippen LogP contribution in [0.3, 0.4) is 0 Å². The number of carboxylic acid groups (broad SMARTS) is 1. The number of fused-ring (bicyclic) bond motifs is 2. The molecule has 2 heterocycles. The molecule has 1 atom stereocenters. The highest BCUT2D eigenvalue weighted by atomic mass is 35.5. The summed E-state index contributed by atoms with van der Waals surface area (Å²) in [5.74, 6) is -2.15. The van der Waals surface area contributed by atoms with Crippen molar-refractivity contribution in [3.63, 3.8) is 0 Å². The van der Waals surface area contributed by atoms with Crippen molar-refractivity contribution in [1.29, 1.82) is 0 Å². The Balaban J connectivity index is 1.68. The number of aromatic nitrogens is 4. The monoisotopic (exact) mass is 790 g/mol. The number of rotatable bonds is 10. The van der Waals surface area contributed by atoms with Gasteiger partial charge >= 0.3 is 12.3 Å². The molecule has 0 aliphatic heterocycles. The summed E-state index contributed by atoms with van der Waals surface area (Å²) in [6, 6.07) is 12.6. The Morgan fingerprint density at radius 1 is 1.02 bits per heavy atom. The molecule has 0 spiro atoms. The summed E-state index contributed by atoms with van der Waals surface area (Å²) in [4.78, 5) is 31.0. The predicted octanol–water partition coefficient (Wildman–Crippen LogP) is 6.75. The maximum absolute atomic E-state index is 14.6. The number of nitrogens with zero attached hydrogens (tertiary/aromatic N) is 5. The SMILES string of the molecule is COc1ccc(CN(c2nn(C)c3c(-n4c(C(Cc5cc(F)cc(F)c5)NC(=O)O)nc5cccc(C(F)(F)F)c5c4=O)ccc(Cl)c23)S(C)(=O)=O)cc1. The first-order valence-corrected chi connectivity index (χ1v) is 17.9. The standard InChI is InChI=1S/C35H28ClF5N6O6S/c1-45-30-27(12-11-24(36)29(30)32(44-45)46(54(3,51)52)17-18-7-9-22(53-2)10-8-18)47-31(26(43-34(49)50)15-19-13-20(37)16-21(38)14-19)42-25-6-4-5-23(35(39,40)41)28(25)33(47)48/h4-14,16,26,43H,15,17H2,1-3H3,(H,49,50). The fraction of sp³-hybridized carbons (Fsp3) is 0.200. The Bertz CT molecular complexity index is 2600. The fourth-order valence-corrected chi connectivity index (χ4v) is 7.27. The molecule has 6 aromatic rings. The van der Waals surface area contributed by atoms with Gasteiger partial charge in [-0.3, -0.25) is 14.0 Å². The molecule has 12 nitrogen and oxygen atoms in total. The van der Waals surface area contributed by atoms with Gasteiger partial charge in [-0.05, 0) is 59.7 Å². The molecule has 6 rings (SSSR count). The van der Waals surface area contributed by atoms with E-state index in [1.54, 1.807) is 24.3 Å². The van der Waals surface area contributed by atoms with Crippen LogP contribution in [-0.4, -0.2) is 52.3 Å². The molecule has 0 bridgehead atoms. The second kappa shape index (κ2) is 14.2. The van der Waals surface area contributed by atoms with Gasteiger partial charge in [-0.15, -0.1) is 0 Å². The number of amides is 1. The Morgan fingerprint density at radius 3 is 2.28 bits per heavy atom. The minimum absolute atomic E-state index is 0.0346. The molecule has 0 fully saturated rings. The Morgan fingerprint density at radius 2 is 1.69 bits per heavy atom. The maximum Gasteiger partial charge on any atom is 0.417 e. The van der Waals surface area contributed by atoms with Gasteiger partial charge < -0.3 is 15.2 Å². The largest absolute Gasteiger partial charge is 0.497 e. The molecule has 2 N–H and O–H groups in total. The summed E-state index contributed by atoms with van der Waals surface area (Å²) in [7, 11) is -1.27. The van der Waals surface area contributed by atoms with Crippen LogP contribution >= 0.6 is 11.6 Å². The zero-order chi connectivity index (χ0) is 39.3. The Labute approximate surface area is 308 Å². The zero-order valence-electron chi connectivity index (χ0n) is 28.3. The number of anilines is 1. The normalized spacial score (nSPS) is 12.6. The summed E-state index contributed by atoms with van der Waals surface area (Å²) in [5, 5.41) is 15.5. The summed E-state index contributed by atoms with van der Waals surface area (Å²) < 4.78 is 106. The molecule has 54 heavy (non-hydrogen) atoms. The molecule has 0 saturated heterocycles. The van der Waals surface area contributed by atoms with Crippen molar-refractivity contribution in [2.24, 2.45) is 7.05 Å². The highest BCUT2D eigenvalue weighted by Gasteiger charge is 2.36. The van der Waals surface area contributed by atoms with Crippen molar-refractivity contribution in [1.82, 2.24) is 24.6 Å². The minimum Gasteiger partial charge on any atom is -0.497 e. The first-order chi connectivity index (χ1) is 25.4. The Hall–Kier alpha value is -5.75. The molecule has 2 aromatic heterocycles. The van der Waals surface area contributed by atoms with Gasteiger partial charge in [0.1, 0.15) is 23.2 Å². The lowest BCUT2D eigenvalue weighted by Gasteiger charge is -2.23. The van der Waals surface area contributed by atoms with Crippen LogP contribution < -0.4 is 19.9 Å². The van der Waals surface area contributed by atoms with Crippen molar-refractivity contribution >= 4 is 55.3 Å². The highest BCUT2D eigenvalue weighted by molar-refractivity contribution is 7.92. The molecular formula is C35H28ClF5N6O6S. The van der Waals surface area contributed by atoms with E-state index >= 15 is 0 Å². The first-order valence-electron chi connectivity index (χ1n) is 15.7. The lowest BCUT2D eigenvalue weighted by molar-refractivity contribution is -0.136. The lowest BCUT2D eigenvalue weighted by atomic mass is 10.0. The van der Waals surface area contributed by atoms with Crippen LogP contribution in [0.15, 0.2) is 77.6 Å². The fourth-order valence-electron chi connectivity index (χ4n) is 6.21. The van der Waals surface area contributed by atoms with Crippen molar-refractivity contribution in [3.8, 4) is 11.4 Å². The van der Waals surface area contributed by atoms with Gasteiger partial charge in [-0.2, -0.15) is 18.3 Å². The number of hydrogen-bond acceptors (Lipinski definition) is 7. The van der Waals surface area contributed by atoms with Crippen LogP contribution in [0.2, 0.25) is 5.02 Å². The van der Waals surface area contributed by atoms with Crippen LogP contribution in [0, 0.1) is 11.6 Å². The molecule has 1 unspecified atom stereocenters. The minimum atomic E-state index is -5.04. The second-order valence-electron chi connectivity index (χ2n) is 12.1. The number of nitrogens with one attached hydrogen (secondary N) is 1. The van der Waals surface area contributed by atoms with Crippen molar-refractivity contribution < 1.29 is 45.0 Å². The zero-order valence-corrected chi connectivity index (χ0v) is 29.9. The molecule has 282 valence electrons. The predicted molar refractivity (Wildman–Crippen MR) is 190 cm³/mol.